The smallest absolute Gasteiger partial charge is 0.256 e. The molecule has 84 valence electrons. The van der Waals surface area contributed by atoms with Crippen molar-refractivity contribution < 1.29 is 0 Å². The van der Waals surface area contributed by atoms with Crippen LogP contribution in [0.4, 0.5) is 5.82 Å². The zero-order valence-corrected chi connectivity index (χ0v) is 9.50. The molecule has 0 aliphatic heterocycles. The predicted molar refractivity (Wildman–Crippen MR) is 60.9 cm³/mol. The summed E-state index contributed by atoms with van der Waals surface area (Å²) in [5, 5.41) is 0. The van der Waals surface area contributed by atoms with E-state index in [9.17, 15) is 4.79 Å². The van der Waals surface area contributed by atoms with Gasteiger partial charge in [0.1, 0.15) is 11.6 Å². The van der Waals surface area contributed by atoms with Crippen LogP contribution in [0.5, 0.6) is 0 Å². The van der Waals surface area contributed by atoms with Gasteiger partial charge < -0.3 is 15.6 Å². The van der Waals surface area contributed by atoms with Gasteiger partial charge in [-0.05, 0) is 20.5 Å². The Kier molecular flexibility index (Phi) is 3.85. The maximum atomic E-state index is 11.5. The number of aromatic nitrogens is 2. The number of aromatic amines is 1. The van der Waals surface area contributed by atoms with Crippen molar-refractivity contribution in [1.29, 1.82) is 0 Å². The van der Waals surface area contributed by atoms with Crippen molar-refractivity contribution in [2.24, 2.45) is 0 Å². The molecule has 0 saturated carbocycles. The second-order valence-electron chi connectivity index (χ2n) is 3.78. The molecule has 0 aromatic carbocycles. The molecule has 0 spiro atoms. The van der Waals surface area contributed by atoms with Gasteiger partial charge in [-0.25, -0.2) is 4.98 Å². The van der Waals surface area contributed by atoms with Crippen LogP contribution in [0.1, 0.15) is 18.3 Å². The molecule has 15 heavy (non-hydrogen) atoms. The third kappa shape index (κ3) is 3.06. The van der Waals surface area contributed by atoms with Gasteiger partial charge in [-0.15, -0.1) is 0 Å². The number of nitrogens with one attached hydrogen (secondary N) is 1. The zero-order valence-electron chi connectivity index (χ0n) is 9.50. The zero-order chi connectivity index (χ0) is 11.4. The Balaban J connectivity index is 2.89. The summed E-state index contributed by atoms with van der Waals surface area (Å²) in [6.45, 7) is 2.73. The summed E-state index contributed by atoms with van der Waals surface area (Å²) < 4.78 is 0. The molecule has 0 fully saturated rings. The molecule has 1 heterocycles. The largest absolute Gasteiger partial charge is 0.383 e. The fourth-order valence-corrected chi connectivity index (χ4v) is 1.35. The topological polar surface area (TPSA) is 75.0 Å². The Morgan fingerprint density at radius 3 is 2.60 bits per heavy atom. The minimum Gasteiger partial charge on any atom is -0.383 e. The van der Waals surface area contributed by atoms with E-state index in [1.165, 1.54) is 0 Å². The molecular formula is C10H18N4O. The highest BCUT2D eigenvalue weighted by atomic mass is 16.1. The lowest BCUT2D eigenvalue weighted by Crippen LogP contribution is -2.22. The fourth-order valence-electron chi connectivity index (χ4n) is 1.35. The summed E-state index contributed by atoms with van der Waals surface area (Å²) in [5.74, 6) is 1.01. The van der Waals surface area contributed by atoms with Crippen LogP contribution < -0.4 is 11.3 Å². The first-order valence-corrected chi connectivity index (χ1v) is 5.06. The predicted octanol–water partition coefficient (Wildman–Crippen LogP) is 0.0186. The van der Waals surface area contributed by atoms with Crippen LogP contribution in [0.3, 0.4) is 0 Å². The van der Waals surface area contributed by atoms with Crippen LogP contribution >= 0.6 is 0 Å². The third-order valence-electron chi connectivity index (χ3n) is 2.25. The van der Waals surface area contributed by atoms with Crippen LogP contribution in [0.15, 0.2) is 4.79 Å². The van der Waals surface area contributed by atoms with Crippen molar-refractivity contribution in [2.75, 3.05) is 26.4 Å². The van der Waals surface area contributed by atoms with Crippen LogP contribution in [0, 0.1) is 0 Å². The Labute approximate surface area is 89.3 Å². The summed E-state index contributed by atoms with van der Waals surface area (Å²) in [7, 11) is 3.95. The second kappa shape index (κ2) is 4.93. The Morgan fingerprint density at radius 1 is 1.47 bits per heavy atom. The summed E-state index contributed by atoms with van der Waals surface area (Å²) >= 11 is 0. The third-order valence-corrected chi connectivity index (χ3v) is 2.25. The van der Waals surface area contributed by atoms with Crippen molar-refractivity contribution in [3.8, 4) is 0 Å². The number of anilines is 1. The van der Waals surface area contributed by atoms with Gasteiger partial charge in [0.2, 0.25) is 0 Å². The molecular weight excluding hydrogens is 192 g/mol. The van der Waals surface area contributed by atoms with Gasteiger partial charge in [0.25, 0.3) is 5.56 Å². The molecule has 1 rings (SSSR count). The summed E-state index contributed by atoms with van der Waals surface area (Å²) in [6, 6.07) is 0. The Bertz CT molecular complexity index is 383. The van der Waals surface area contributed by atoms with E-state index in [1.807, 2.05) is 25.9 Å². The maximum Gasteiger partial charge on any atom is 0.256 e. The number of rotatable bonds is 4. The van der Waals surface area contributed by atoms with E-state index in [4.69, 9.17) is 5.73 Å². The number of nitrogens with zero attached hydrogens (tertiary/aromatic N) is 2. The highest BCUT2D eigenvalue weighted by molar-refractivity contribution is 5.37. The molecule has 0 bridgehead atoms. The first-order valence-electron chi connectivity index (χ1n) is 5.06. The maximum absolute atomic E-state index is 11.5. The normalized spacial score (nSPS) is 10.9. The number of H-pyrrole nitrogens is 1. The highest BCUT2D eigenvalue weighted by Crippen LogP contribution is 2.03. The van der Waals surface area contributed by atoms with E-state index in [2.05, 4.69) is 9.97 Å². The molecule has 5 heteroatoms. The number of nitrogen functional groups attached to an aromatic ring is 1. The van der Waals surface area contributed by atoms with E-state index < -0.39 is 0 Å². The molecule has 0 unspecified atom stereocenters. The van der Waals surface area contributed by atoms with Gasteiger partial charge in [0, 0.05) is 13.0 Å². The van der Waals surface area contributed by atoms with E-state index >= 15 is 0 Å². The molecule has 0 aliphatic rings. The molecule has 1 aromatic heterocycles. The molecule has 0 aliphatic carbocycles. The average Bonchev–Trinajstić information content (AvgIpc) is 2.14. The van der Waals surface area contributed by atoms with E-state index in [0.717, 1.165) is 6.54 Å². The monoisotopic (exact) mass is 210 g/mol. The minimum atomic E-state index is -0.112. The number of likely N-dealkylation sites (N-methyl/N-ethyl adjacent to an activating group) is 1. The van der Waals surface area contributed by atoms with Gasteiger partial charge >= 0.3 is 0 Å². The summed E-state index contributed by atoms with van der Waals surface area (Å²) in [5.41, 5.74) is 6.15. The van der Waals surface area contributed by atoms with Crippen LogP contribution in [-0.2, 0) is 12.8 Å². The van der Waals surface area contributed by atoms with Crippen molar-refractivity contribution in [1.82, 2.24) is 14.9 Å². The first-order chi connectivity index (χ1) is 7.04. The van der Waals surface area contributed by atoms with Gasteiger partial charge in [-0.3, -0.25) is 4.79 Å². The van der Waals surface area contributed by atoms with Crippen molar-refractivity contribution in [3.63, 3.8) is 0 Å². The molecule has 0 radical (unpaired) electrons. The number of hydrogen-bond donors (Lipinski definition) is 2. The summed E-state index contributed by atoms with van der Waals surface area (Å²) in [4.78, 5) is 20.5. The van der Waals surface area contributed by atoms with Crippen molar-refractivity contribution >= 4 is 5.82 Å². The van der Waals surface area contributed by atoms with E-state index in [-0.39, 0.29) is 5.56 Å². The molecule has 3 N–H and O–H groups in total. The van der Waals surface area contributed by atoms with Crippen LogP contribution in [0.25, 0.3) is 0 Å². The molecule has 1 aromatic rings. The lowest BCUT2D eigenvalue weighted by molar-refractivity contribution is 0.409. The Hall–Kier alpha value is -1.36. The molecule has 0 amide bonds. The second-order valence-corrected chi connectivity index (χ2v) is 3.78. The van der Waals surface area contributed by atoms with Gasteiger partial charge in [-0.2, -0.15) is 0 Å². The number of nitrogens with two attached hydrogens (primary N) is 1. The van der Waals surface area contributed by atoms with E-state index in [1.54, 1.807) is 0 Å². The number of hydrogen-bond acceptors (Lipinski definition) is 4. The molecule has 0 saturated heterocycles. The average molecular weight is 210 g/mol. The van der Waals surface area contributed by atoms with E-state index in [0.29, 0.717) is 30.0 Å². The van der Waals surface area contributed by atoms with Gasteiger partial charge in [0.05, 0.1) is 5.56 Å². The molecule has 5 nitrogen and oxygen atoms in total. The summed E-state index contributed by atoms with van der Waals surface area (Å²) in [6.07, 6.45) is 1.32. The lowest BCUT2D eigenvalue weighted by Gasteiger charge is -2.09. The molecule has 0 atom stereocenters. The quantitative estimate of drug-likeness (QED) is 0.734. The lowest BCUT2D eigenvalue weighted by atomic mass is 10.2. The minimum absolute atomic E-state index is 0.112. The van der Waals surface area contributed by atoms with Crippen LogP contribution in [-0.4, -0.2) is 35.5 Å². The standard InChI is InChI=1S/C10H18N4O/c1-4-7-9(11)12-8(13-10(7)15)5-6-14(2)3/h4-6H2,1-3H3,(H3,11,12,13,15). The van der Waals surface area contributed by atoms with Crippen molar-refractivity contribution in [3.05, 3.63) is 21.7 Å². The van der Waals surface area contributed by atoms with Crippen LogP contribution in [0.2, 0.25) is 0 Å². The highest BCUT2D eigenvalue weighted by Gasteiger charge is 2.06. The van der Waals surface area contributed by atoms with Gasteiger partial charge in [-0.1, -0.05) is 6.92 Å². The Morgan fingerprint density at radius 2 is 2.13 bits per heavy atom. The first kappa shape index (κ1) is 11.7. The fraction of sp³-hybridized carbons (Fsp3) is 0.600. The van der Waals surface area contributed by atoms with Gasteiger partial charge in [0.15, 0.2) is 0 Å². The van der Waals surface area contributed by atoms with Crippen molar-refractivity contribution in [2.45, 2.75) is 19.8 Å². The SMILES string of the molecule is CCc1c(N)nc(CCN(C)C)[nH]c1=O.